The molecular weight excluding hydrogens is 338 g/mol. The molecule has 5 nitrogen and oxygen atoms in total. The Morgan fingerprint density at radius 2 is 1.74 bits per heavy atom. The number of nitrogens with one attached hydrogen (secondary N) is 2. The van der Waals surface area contributed by atoms with Gasteiger partial charge in [0.05, 0.1) is 12.3 Å². The molecule has 27 heavy (non-hydrogen) atoms. The van der Waals surface area contributed by atoms with Crippen LogP contribution in [0.25, 0.3) is 5.69 Å². The summed E-state index contributed by atoms with van der Waals surface area (Å²) in [5, 5.41) is 5.79. The van der Waals surface area contributed by atoms with Crippen LogP contribution in [-0.2, 0) is 6.54 Å². The number of anilines is 1. The van der Waals surface area contributed by atoms with Crippen LogP contribution in [0, 0.1) is 13.8 Å². The summed E-state index contributed by atoms with van der Waals surface area (Å²) in [6, 6.07) is 19.5. The van der Waals surface area contributed by atoms with E-state index in [1.807, 2.05) is 49.4 Å². The molecule has 0 aliphatic rings. The van der Waals surface area contributed by atoms with Crippen molar-refractivity contribution in [2.75, 3.05) is 11.9 Å². The molecule has 0 atom stereocenters. The predicted molar refractivity (Wildman–Crippen MR) is 109 cm³/mol. The van der Waals surface area contributed by atoms with Crippen LogP contribution >= 0.6 is 0 Å². The van der Waals surface area contributed by atoms with E-state index in [4.69, 9.17) is 4.74 Å². The van der Waals surface area contributed by atoms with Crippen LogP contribution in [0.15, 0.2) is 60.7 Å². The van der Waals surface area contributed by atoms with E-state index in [-0.39, 0.29) is 6.03 Å². The zero-order chi connectivity index (χ0) is 19.2. The maximum Gasteiger partial charge on any atom is 0.319 e. The number of ether oxygens (including phenoxy) is 1. The van der Waals surface area contributed by atoms with Crippen LogP contribution in [-0.4, -0.2) is 17.2 Å². The Kier molecular flexibility index (Phi) is 5.81. The van der Waals surface area contributed by atoms with Crippen molar-refractivity contribution in [2.45, 2.75) is 27.3 Å². The lowest BCUT2D eigenvalue weighted by Gasteiger charge is -2.12. The van der Waals surface area contributed by atoms with E-state index in [2.05, 4.69) is 47.2 Å². The van der Waals surface area contributed by atoms with Crippen molar-refractivity contribution in [1.29, 1.82) is 0 Å². The topological polar surface area (TPSA) is 55.3 Å². The van der Waals surface area contributed by atoms with Gasteiger partial charge in [0.15, 0.2) is 0 Å². The normalized spacial score (nSPS) is 10.5. The SMILES string of the molecule is CCOc1ccccc1NC(=O)NCc1cc(C)n(-c2ccccc2)c1C. The van der Waals surface area contributed by atoms with Gasteiger partial charge in [-0.25, -0.2) is 4.79 Å². The van der Waals surface area contributed by atoms with E-state index < -0.39 is 0 Å². The summed E-state index contributed by atoms with van der Waals surface area (Å²) in [6.07, 6.45) is 0. The Balaban J connectivity index is 1.68. The highest BCUT2D eigenvalue weighted by Gasteiger charge is 2.12. The smallest absolute Gasteiger partial charge is 0.319 e. The zero-order valence-corrected chi connectivity index (χ0v) is 16.0. The molecule has 0 spiro atoms. The van der Waals surface area contributed by atoms with Crippen molar-refractivity contribution >= 4 is 11.7 Å². The fraction of sp³-hybridized carbons (Fsp3) is 0.227. The highest BCUT2D eigenvalue weighted by molar-refractivity contribution is 5.90. The molecule has 0 saturated heterocycles. The first-order valence-corrected chi connectivity index (χ1v) is 9.10. The van der Waals surface area contributed by atoms with E-state index in [0.29, 0.717) is 24.6 Å². The fourth-order valence-corrected chi connectivity index (χ4v) is 3.18. The first-order valence-electron chi connectivity index (χ1n) is 9.10. The quantitative estimate of drug-likeness (QED) is 0.660. The second-order valence-corrected chi connectivity index (χ2v) is 6.30. The van der Waals surface area contributed by atoms with Gasteiger partial charge in [0.25, 0.3) is 0 Å². The van der Waals surface area contributed by atoms with Crippen molar-refractivity contribution in [1.82, 2.24) is 9.88 Å². The summed E-state index contributed by atoms with van der Waals surface area (Å²) in [5.74, 6) is 0.664. The molecule has 0 radical (unpaired) electrons. The molecule has 0 saturated carbocycles. The number of carbonyl (C=O) groups excluding carboxylic acids is 1. The van der Waals surface area contributed by atoms with E-state index >= 15 is 0 Å². The molecule has 1 aromatic heterocycles. The number of rotatable bonds is 6. The summed E-state index contributed by atoms with van der Waals surface area (Å²) in [5.41, 5.74) is 5.12. The van der Waals surface area contributed by atoms with Crippen molar-refractivity contribution in [2.24, 2.45) is 0 Å². The number of aryl methyl sites for hydroxylation is 1. The Morgan fingerprint density at radius 3 is 2.48 bits per heavy atom. The first-order chi connectivity index (χ1) is 13.1. The second kappa shape index (κ2) is 8.45. The van der Waals surface area contributed by atoms with Gasteiger partial charge in [-0.15, -0.1) is 0 Å². The van der Waals surface area contributed by atoms with Gasteiger partial charge in [-0.05, 0) is 56.7 Å². The van der Waals surface area contributed by atoms with Gasteiger partial charge in [-0.1, -0.05) is 30.3 Å². The lowest BCUT2D eigenvalue weighted by atomic mass is 10.2. The fourth-order valence-electron chi connectivity index (χ4n) is 3.18. The highest BCUT2D eigenvalue weighted by atomic mass is 16.5. The molecule has 3 rings (SSSR count). The minimum Gasteiger partial charge on any atom is -0.492 e. The maximum absolute atomic E-state index is 12.3. The van der Waals surface area contributed by atoms with Gasteiger partial charge in [0.2, 0.25) is 0 Å². The number of hydrogen-bond acceptors (Lipinski definition) is 2. The molecule has 2 N–H and O–H groups in total. The van der Waals surface area contributed by atoms with Gasteiger partial charge in [0.1, 0.15) is 5.75 Å². The van der Waals surface area contributed by atoms with Gasteiger partial charge in [0, 0.05) is 23.6 Å². The number of aromatic nitrogens is 1. The van der Waals surface area contributed by atoms with Gasteiger partial charge in [-0.2, -0.15) is 0 Å². The molecule has 0 bridgehead atoms. The lowest BCUT2D eigenvalue weighted by molar-refractivity contribution is 0.251. The number of nitrogens with zero attached hydrogens (tertiary/aromatic N) is 1. The molecule has 0 aliphatic heterocycles. The Morgan fingerprint density at radius 1 is 1.04 bits per heavy atom. The molecule has 0 fully saturated rings. The van der Waals surface area contributed by atoms with Gasteiger partial charge >= 0.3 is 6.03 Å². The Labute approximate surface area is 160 Å². The average molecular weight is 363 g/mol. The summed E-state index contributed by atoms with van der Waals surface area (Å²) < 4.78 is 7.74. The number of carbonyl (C=O) groups is 1. The van der Waals surface area contributed by atoms with Crippen LogP contribution in [0.2, 0.25) is 0 Å². The minimum atomic E-state index is -0.258. The average Bonchev–Trinajstić information content (AvgIpc) is 2.96. The summed E-state index contributed by atoms with van der Waals surface area (Å²) in [7, 11) is 0. The van der Waals surface area contributed by atoms with Crippen molar-refractivity contribution < 1.29 is 9.53 Å². The van der Waals surface area contributed by atoms with Gasteiger partial charge in [-0.3, -0.25) is 0 Å². The number of hydrogen-bond donors (Lipinski definition) is 2. The Hall–Kier alpha value is -3.21. The summed E-state index contributed by atoms with van der Waals surface area (Å²) >= 11 is 0. The Bertz CT molecular complexity index is 917. The molecular formula is C22H25N3O2. The standard InChI is InChI=1S/C22H25N3O2/c1-4-27-21-13-9-8-12-20(21)24-22(26)23-15-18-14-16(2)25(17(18)3)19-10-6-5-7-11-19/h5-14H,4,15H2,1-3H3,(H2,23,24,26). The van der Waals surface area contributed by atoms with Crippen LogP contribution in [0.5, 0.6) is 5.75 Å². The van der Waals surface area contributed by atoms with Crippen LogP contribution in [0.1, 0.15) is 23.9 Å². The van der Waals surface area contributed by atoms with E-state index in [1.165, 1.54) is 0 Å². The molecule has 2 aromatic carbocycles. The molecule has 5 heteroatoms. The largest absolute Gasteiger partial charge is 0.492 e. The van der Waals surface area contributed by atoms with Crippen molar-refractivity contribution in [3.63, 3.8) is 0 Å². The molecule has 3 aromatic rings. The van der Waals surface area contributed by atoms with E-state index in [0.717, 1.165) is 22.6 Å². The van der Waals surface area contributed by atoms with Crippen LogP contribution < -0.4 is 15.4 Å². The number of urea groups is 1. The minimum absolute atomic E-state index is 0.258. The molecule has 0 aliphatic carbocycles. The van der Waals surface area contributed by atoms with E-state index in [1.54, 1.807) is 0 Å². The first kappa shape index (κ1) is 18.6. The third-order valence-corrected chi connectivity index (χ3v) is 4.42. The van der Waals surface area contributed by atoms with Gasteiger partial charge < -0.3 is 19.9 Å². The third-order valence-electron chi connectivity index (χ3n) is 4.42. The molecule has 0 unspecified atom stereocenters. The lowest BCUT2D eigenvalue weighted by Crippen LogP contribution is -2.28. The van der Waals surface area contributed by atoms with Crippen LogP contribution in [0.4, 0.5) is 10.5 Å². The molecule has 140 valence electrons. The summed E-state index contributed by atoms with van der Waals surface area (Å²) in [4.78, 5) is 12.3. The monoisotopic (exact) mass is 363 g/mol. The number of amides is 2. The molecule has 2 amide bonds. The third kappa shape index (κ3) is 4.31. The van der Waals surface area contributed by atoms with Crippen molar-refractivity contribution in [3.05, 3.63) is 77.6 Å². The predicted octanol–water partition coefficient (Wildman–Crippen LogP) is 4.81. The number of para-hydroxylation sites is 3. The van der Waals surface area contributed by atoms with E-state index in [9.17, 15) is 4.79 Å². The highest BCUT2D eigenvalue weighted by Crippen LogP contribution is 2.24. The zero-order valence-electron chi connectivity index (χ0n) is 16.0. The summed E-state index contributed by atoms with van der Waals surface area (Å²) in [6.45, 7) is 7.06. The molecule has 1 heterocycles. The maximum atomic E-state index is 12.3. The second-order valence-electron chi connectivity index (χ2n) is 6.30. The van der Waals surface area contributed by atoms with Crippen molar-refractivity contribution in [3.8, 4) is 11.4 Å². The van der Waals surface area contributed by atoms with Crippen LogP contribution in [0.3, 0.4) is 0 Å². The number of benzene rings is 2.